The van der Waals surface area contributed by atoms with Crippen LogP contribution >= 0.6 is 31.9 Å². The molecule has 0 atom stereocenters. The van der Waals surface area contributed by atoms with Gasteiger partial charge in [-0.1, -0.05) is 52.3 Å². The number of hydrogen-bond donors (Lipinski definition) is 2. The molecule has 23 heavy (non-hydrogen) atoms. The van der Waals surface area contributed by atoms with Crippen LogP contribution in [0.5, 0.6) is 5.75 Å². The molecular weight excluding hydrogens is 424 g/mol. The van der Waals surface area contributed by atoms with Crippen LogP contribution in [0.1, 0.15) is 22.8 Å². The fourth-order valence-electron chi connectivity index (χ4n) is 1.76. The van der Waals surface area contributed by atoms with Crippen molar-refractivity contribution >= 4 is 49.6 Å². The van der Waals surface area contributed by atoms with Gasteiger partial charge in [-0.25, -0.2) is 5.43 Å². The van der Waals surface area contributed by atoms with Crippen molar-refractivity contribution in [2.75, 3.05) is 0 Å². The summed E-state index contributed by atoms with van der Waals surface area (Å²) in [6.07, 6.45) is 3.70. The van der Waals surface area contributed by atoms with E-state index in [9.17, 15) is 9.90 Å². The van der Waals surface area contributed by atoms with Crippen LogP contribution in [0.15, 0.2) is 62.6 Å². The Bertz CT molecular complexity index is 772. The van der Waals surface area contributed by atoms with Gasteiger partial charge in [-0.15, -0.1) is 0 Å². The van der Waals surface area contributed by atoms with Gasteiger partial charge in [0.05, 0.1) is 15.7 Å². The van der Waals surface area contributed by atoms with Crippen LogP contribution in [0.2, 0.25) is 0 Å². The molecular formula is C17H14Br2N2O2. The molecule has 0 saturated heterocycles. The quantitative estimate of drug-likeness (QED) is 0.536. The second-order valence-corrected chi connectivity index (χ2v) is 6.49. The largest absolute Gasteiger partial charge is 0.506 e. The Morgan fingerprint density at radius 2 is 1.91 bits per heavy atom. The average Bonchev–Trinajstić information content (AvgIpc) is 2.55. The SMILES string of the molecule is CC(C=Cc1ccccc1)=NNC(=O)c1cc(Br)cc(Br)c1O. The van der Waals surface area contributed by atoms with Gasteiger partial charge in [0.1, 0.15) is 5.75 Å². The van der Waals surface area contributed by atoms with Gasteiger partial charge in [0.2, 0.25) is 0 Å². The number of allylic oxidation sites excluding steroid dienone is 1. The number of rotatable bonds is 4. The number of aromatic hydroxyl groups is 1. The van der Waals surface area contributed by atoms with E-state index in [1.54, 1.807) is 19.1 Å². The summed E-state index contributed by atoms with van der Waals surface area (Å²) in [5, 5.41) is 13.9. The Morgan fingerprint density at radius 3 is 2.61 bits per heavy atom. The van der Waals surface area contributed by atoms with Crippen molar-refractivity contribution in [1.29, 1.82) is 0 Å². The zero-order valence-corrected chi connectivity index (χ0v) is 15.4. The number of amides is 1. The molecule has 0 unspecified atom stereocenters. The van der Waals surface area contributed by atoms with Crippen molar-refractivity contribution in [3.05, 3.63) is 68.6 Å². The molecule has 1 amide bonds. The summed E-state index contributed by atoms with van der Waals surface area (Å²) in [7, 11) is 0. The highest BCUT2D eigenvalue weighted by Crippen LogP contribution is 2.31. The van der Waals surface area contributed by atoms with E-state index >= 15 is 0 Å². The highest BCUT2D eigenvalue weighted by atomic mass is 79.9. The number of phenols is 1. The van der Waals surface area contributed by atoms with Gasteiger partial charge in [0.15, 0.2) is 0 Å². The van der Waals surface area contributed by atoms with Crippen LogP contribution in [-0.4, -0.2) is 16.7 Å². The fourth-order valence-corrected chi connectivity index (χ4v) is 2.98. The summed E-state index contributed by atoms with van der Waals surface area (Å²) in [6, 6.07) is 13.0. The van der Waals surface area contributed by atoms with Crippen LogP contribution in [0.25, 0.3) is 6.08 Å². The molecule has 6 heteroatoms. The predicted octanol–water partition coefficient (Wildman–Crippen LogP) is 4.74. The number of nitrogens with one attached hydrogen (secondary N) is 1. The van der Waals surface area contributed by atoms with Gasteiger partial charge in [-0.05, 0) is 46.6 Å². The maximum atomic E-state index is 12.1. The monoisotopic (exact) mass is 436 g/mol. The second-order valence-electron chi connectivity index (χ2n) is 4.72. The van der Waals surface area contributed by atoms with Crippen molar-refractivity contribution < 1.29 is 9.90 Å². The summed E-state index contributed by atoms with van der Waals surface area (Å²) in [5.74, 6) is -0.615. The van der Waals surface area contributed by atoms with Crippen LogP contribution in [0, 0.1) is 0 Å². The maximum Gasteiger partial charge on any atom is 0.275 e. The first kappa shape index (κ1) is 17.4. The van der Waals surface area contributed by atoms with E-state index < -0.39 is 5.91 Å². The number of nitrogens with zero attached hydrogens (tertiary/aromatic N) is 1. The van der Waals surface area contributed by atoms with Gasteiger partial charge in [0.25, 0.3) is 5.91 Å². The zero-order valence-electron chi connectivity index (χ0n) is 12.3. The van der Waals surface area contributed by atoms with E-state index in [-0.39, 0.29) is 11.3 Å². The molecule has 2 N–H and O–H groups in total. The minimum absolute atomic E-state index is 0.126. The number of halogens is 2. The Kier molecular flexibility index (Phi) is 6.12. The Balaban J connectivity index is 2.07. The third kappa shape index (κ3) is 5.04. The lowest BCUT2D eigenvalue weighted by molar-refractivity contribution is 0.0952. The molecule has 0 heterocycles. The Labute approximate surface area is 151 Å². The lowest BCUT2D eigenvalue weighted by Gasteiger charge is -2.06. The fraction of sp³-hybridized carbons (Fsp3) is 0.0588. The number of hydrogen-bond acceptors (Lipinski definition) is 3. The number of hydrazone groups is 1. The molecule has 0 bridgehead atoms. The minimum Gasteiger partial charge on any atom is -0.506 e. The third-order valence-corrected chi connectivity index (χ3v) is 3.99. The molecule has 0 aliphatic heterocycles. The van der Waals surface area contributed by atoms with E-state index in [0.717, 1.165) is 5.56 Å². The highest BCUT2D eigenvalue weighted by Gasteiger charge is 2.14. The zero-order chi connectivity index (χ0) is 16.8. The van der Waals surface area contributed by atoms with E-state index in [1.807, 2.05) is 36.4 Å². The minimum atomic E-state index is -0.489. The van der Waals surface area contributed by atoms with Crippen molar-refractivity contribution in [2.45, 2.75) is 6.92 Å². The Morgan fingerprint density at radius 1 is 1.22 bits per heavy atom. The second kappa shape index (κ2) is 8.08. The molecule has 0 aromatic heterocycles. The Hall–Kier alpha value is -1.92. The molecule has 0 aliphatic carbocycles. The molecule has 4 nitrogen and oxygen atoms in total. The molecule has 0 radical (unpaired) electrons. The highest BCUT2D eigenvalue weighted by molar-refractivity contribution is 9.11. The summed E-state index contributed by atoms with van der Waals surface area (Å²) in [4.78, 5) is 12.1. The summed E-state index contributed by atoms with van der Waals surface area (Å²) in [6.45, 7) is 1.77. The summed E-state index contributed by atoms with van der Waals surface area (Å²) < 4.78 is 1.11. The summed E-state index contributed by atoms with van der Waals surface area (Å²) in [5.41, 5.74) is 4.24. The molecule has 2 aromatic carbocycles. The van der Waals surface area contributed by atoms with Gasteiger partial charge >= 0.3 is 0 Å². The van der Waals surface area contributed by atoms with E-state index in [2.05, 4.69) is 42.4 Å². The topological polar surface area (TPSA) is 61.7 Å². The van der Waals surface area contributed by atoms with E-state index in [0.29, 0.717) is 14.7 Å². The van der Waals surface area contributed by atoms with Crippen LogP contribution in [-0.2, 0) is 0 Å². The van der Waals surface area contributed by atoms with Gasteiger partial charge in [-0.2, -0.15) is 5.10 Å². The van der Waals surface area contributed by atoms with Gasteiger partial charge in [-0.3, -0.25) is 4.79 Å². The molecule has 2 rings (SSSR count). The first-order chi connectivity index (χ1) is 11.0. The lowest BCUT2D eigenvalue weighted by atomic mass is 10.2. The molecule has 2 aromatic rings. The summed E-state index contributed by atoms with van der Waals surface area (Å²) >= 11 is 6.47. The van der Waals surface area contributed by atoms with Crippen molar-refractivity contribution in [2.24, 2.45) is 5.10 Å². The predicted molar refractivity (Wildman–Crippen MR) is 99.6 cm³/mol. The first-order valence-electron chi connectivity index (χ1n) is 6.73. The maximum absolute atomic E-state index is 12.1. The molecule has 0 fully saturated rings. The van der Waals surface area contributed by atoms with E-state index in [1.165, 1.54) is 6.07 Å². The number of carbonyl (C=O) groups excluding carboxylic acids is 1. The standard InChI is InChI=1S/C17H14Br2N2O2/c1-11(7-8-12-5-3-2-4-6-12)20-21-17(23)14-9-13(18)10-15(19)16(14)22/h2-10,22H,1H3,(H,21,23). The lowest BCUT2D eigenvalue weighted by Crippen LogP contribution is -2.19. The first-order valence-corrected chi connectivity index (χ1v) is 8.31. The van der Waals surface area contributed by atoms with Crippen molar-refractivity contribution in [1.82, 2.24) is 5.43 Å². The number of benzene rings is 2. The van der Waals surface area contributed by atoms with E-state index in [4.69, 9.17) is 0 Å². The number of carbonyl (C=O) groups is 1. The van der Waals surface area contributed by atoms with Crippen LogP contribution in [0.3, 0.4) is 0 Å². The van der Waals surface area contributed by atoms with Crippen LogP contribution in [0.4, 0.5) is 0 Å². The smallest absolute Gasteiger partial charge is 0.275 e. The normalized spacial score (nSPS) is 11.7. The molecule has 0 saturated carbocycles. The average molecular weight is 438 g/mol. The van der Waals surface area contributed by atoms with Crippen molar-refractivity contribution in [3.8, 4) is 5.75 Å². The molecule has 0 spiro atoms. The van der Waals surface area contributed by atoms with Crippen molar-refractivity contribution in [3.63, 3.8) is 0 Å². The van der Waals surface area contributed by atoms with Gasteiger partial charge < -0.3 is 5.11 Å². The van der Waals surface area contributed by atoms with Gasteiger partial charge in [0, 0.05) is 4.47 Å². The van der Waals surface area contributed by atoms with Crippen LogP contribution < -0.4 is 5.43 Å². The number of phenolic OH excluding ortho intramolecular Hbond substituents is 1. The molecule has 118 valence electrons. The third-order valence-electron chi connectivity index (χ3n) is 2.92. The molecule has 0 aliphatic rings.